The van der Waals surface area contributed by atoms with Gasteiger partial charge < -0.3 is 15.5 Å². The summed E-state index contributed by atoms with van der Waals surface area (Å²) in [4.78, 5) is 40.4. The molecule has 1 aliphatic carbocycles. The number of hydrogen-bond donors (Lipinski definition) is 2. The number of nitrogens with one attached hydrogen (secondary N) is 2. The van der Waals surface area contributed by atoms with Crippen molar-refractivity contribution in [3.05, 3.63) is 24.3 Å². The van der Waals surface area contributed by atoms with E-state index in [1.54, 1.807) is 0 Å². The average Bonchev–Trinajstić information content (AvgIpc) is 3.29. The molecule has 1 saturated carbocycles. The first-order valence-corrected chi connectivity index (χ1v) is 11.9. The Hall–Kier alpha value is -2.50. The average molecular weight is 450 g/mol. The number of imide groups is 1. The Morgan fingerprint density at radius 2 is 1.68 bits per heavy atom. The van der Waals surface area contributed by atoms with E-state index in [4.69, 9.17) is 0 Å². The van der Waals surface area contributed by atoms with Gasteiger partial charge in [-0.05, 0) is 44.2 Å². The maximum atomic E-state index is 12.8. The summed E-state index contributed by atoms with van der Waals surface area (Å²) in [6, 6.07) is 5.36. The summed E-state index contributed by atoms with van der Waals surface area (Å²) in [6.07, 6.45) is 2.93. The second-order valence-corrected chi connectivity index (χ2v) is 10.3. The van der Waals surface area contributed by atoms with Crippen LogP contribution >= 0.6 is 0 Å². The van der Waals surface area contributed by atoms with Crippen LogP contribution in [0.15, 0.2) is 29.2 Å². The number of nitrogens with zero attached hydrogens (tertiary/aromatic N) is 3. The molecule has 2 saturated heterocycles. The van der Waals surface area contributed by atoms with E-state index in [9.17, 15) is 22.8 Å². The first-order chi connectivity index (χ1) is 14.7. The zero-order chi connectivity index (χ0) is 22.2. The number of rotatable bonds is 5. The quantitative estimate of drug-likeness (QED) is 0.629. The Kier molecular flexibility index (Phi) is 5.75. The van der Waals surface area contributed by atoms with E-state index in [1.165, 1.54) is 28.6 Å². The normalized spacial score (nSPS) is 22.2. The summed E-state index contributed by atoms with van der Waals surface area (Å²) in [5.41, 5.74) is -0.457. The summed E-state index contributed by atoms with van der Waals surface area (Å²) in [5.74, 6) is -0.869. The number of urea groups is 1. The minimum absolute atomic E-state index is 0.160. The van der Waals surface area contributed by atoms with Crippen LogP contribution in [0.2, 0.25) is 0 Å². The van der Waals surface area contributed by atoms with Crippen molar-refractivity contribution in [3.63, 3.8) is 0 Å². The molecule has 2 heterocycles. The van der Waals surface area contributed by atoms with Crippen LogP contribution in [-0.4, -0.2) is 85.7 Å². The molecule has 1 aromatic rings. The van der Waals surface area contributed by atoms with Crippen molar-refractivity contribution < 1.29 is 22.8 Å². The molecule has 3 fully saturated rings. The number of carbonyl (C=O) groups is 3. The maximum Gasteiger partial charge on any atom is 0.325 e. The van der Waals surface area contributed by atoms with Gasteiger partial charge >= 0.3 is 6.03 Å². The molecule has 31 heavy (non-hydrogen) atoms. The maximum absolute atomic E-state index is 12.8. The third-order valence-corrected chi connectivity index (χ3v) is 8.16. The fraction of sp³-hybridized carbons (Fsp3) is 0.550. The number of anilines is 1. The highest BCUT2D eigenvalue weighted by molar-refractivity contribution is 7.89. The predicted octanol–water partition coefficient (Wildman–Crippen LogP) is 0.426. The minimum Gasteiger partial charge on any atom is -0.325 e. The molecule has 2 N–H and O–H groups in total. The van der Waals surface area contributed by atoms with Gasteiger partial charge in [0.05, 0.1) is 4.90 Å². The molecule has 0 unspecified atom stereocenters. The molecule has 0 aromatic heterocycles. The third kappa shape index (κ3) is 4.17. The predicted molar refractivity (Wildman–Crippen MR) is 113 cm³/mol. The van der Waals surface area contributed by atoms with Crippen molar-refractivity contribution in [1.82, 2.24) is 19.4 Å². The van der Waals surface area contributed by atoms with Gasteiger partial charge in [-0.25, -0.2) is 13.2 Å². The lowest BCUT2D eigenvalue weighted by Crippen LogP contribution is -2.47. The summed E-state index contributed by atoms with van der Waals surface area (Å²) in [5, 5.41) is 5.36. The van der Waals surface area contributed by atoms with Gasteiger partial charge in [-0.15, -0.1) is 0 Å². The van der Waals surface area contributed by atoms with Crippen molar-refractivity contribution in [2.45, 2.75) is 36.1 Å². The van der Waals surface area contributed by atoms with Crippen molar-refractivity contribution in [3.8, 4) is 0 Å². The zero-order valence-electron chi connectivity index (χ0n) is 17.5. The summed E-state index contributed by atoms with van der Waals surface area (Å²) in [6.45, 7) is 1.85. The monoisotopic (exact) mass is 449 g/mol. The molecule has 0 radical (unpaired) electrons. The second kappa shape index (κ2) is 8.21. The lowest BCUT2D eigenvalue weighted by Gasteiger charge is -2.31. The van der Waals surface area contributed by atoms with Gasteiger partial charge in [-0.3, -0.25) is 14.5 Å². The molecule has 0 atom stereocenters. The Morgan fingerprint density at radius 1 is 1.06 bits per heavy atom. The van der Waals surface area contributed by atoms with Crippen molar-refractivity contribution in [2.75, 3.05) is 45.1 Å². The summed E-state index contributed by atoms with van der Waals surface area (Å²) >= 11 is 0. The third-order valence-electron chi connectivity index (χ3n) is 6.24. The molecule has 4 rings (SSSR count). The van der Waals surface area contributed by atoms with Gasteiger partial charge in [-0.1, -0.05) is 12.8 Å². The molecular weight excluding hydrogens is 422 g/mol. The smallest absolute Gasteiger partial charge is 0.325 e. The van der Waals surface area contributed by atoms with Crippen molar-refractivity contribution in [1.29, 1.82) is 0 Å². The van der Waals surface area contributed by atoms with Crippen LogP contribution in [0.1, 0.15) is 25.7 Å². The summed E-state index contributed by atoms with van der Waals surface area (Å²) in [7, 11) is -1.64. The standard InChI is InChI=1S/C20H27N5O5S/c1-23-10-12-24(13-11-23)31(29,30)16-6-4-15(5-7-16)21-17(26)14-25-18(27)20(22-19(25)28)8-2-3-9-20/h4-7H,2-3,8-14H2,1H3,(H,21,26)(H,22,28). The molecule has 1 aromatic carbocycles. The molecule has 2 aliphatic heterocycles. The molecule has 1 spiro atoms. The number of likely N-dealkylation sites (N-methyl/N-ethyl adjacent to an activating group) is 1. The zero-order valence-corrected chi connectivity index (χ0v) is 18.3. The molecule has 11 heteroatoms. The van der Waals surface area contributed by atoms with E-state index >= 15 is 0 Å². The van der Waals surface area contributed by atoms with Crippen LogP contribution < -0.4 is 10.6 Å². The van der Waals surface area contributed by atoms with E-state index < -0.39 is 27.5 Å². The number of carbonyl (C=O) groups excluding carboxylic acids is 3. The number of amides is 4. The SMILES string of the molecule is CN1CCN(S(=O)(=O)c2ccc(NC(=O)CN3C(=O)NC4(CCCC4)C3=O)cc2)CC1. The van der Waals surface area contributed by atoms with E-state index in [1.807, 2.05) is 7.05 Å². The van der Waals surface area contributed by atoms with Gasteiger partial charge in [0.25, 0.3) is 5.91 Å². The van der Waals surface area contributed by atoms with Gasteiger partial charge in [-0.2, -0.15) is 4.31 Å². The Bertz CT molecular complexity index is 980. The van der Waals surface area contributed by atoms with Crippen molar-refractivity contribution >= 4 is 33.6 Å². The highest BCUT2D eigenvalue weighted by Gasteiger charge is 2.52. The van der Waals surface area contributed by atoms with Crippen LogP contribution in [0.4, 0.5) is 10.5 Å². The van der Waals surface area contributed by atoms with E-state index in [-0.39, 0.29) is 17.3 Å². The van der Waals surface area contributed by atoms with Crippen LogP contribution in [0.5, 0.6) is 0 Å². The highest BCUT2D eigenvalue weighted by Crippen LogP contribution is 2.35. The second-order valence-electron chi connectivity index (χ2n) is 8.39. The van der Waals surface area contributed by atoms with E-state index in [0.717, 1.165) is 17.7 Å². The Morgan fingerprint density at radius 3 is 2.29 bits per heavy atom. The van der Waals surface area contributed by atoms with E-state index in [0.29, 0.717) is 44.7 Å². The van der Waals surface area contributed by atoms with Crippen LogP contribution in [0.25, 0.3) is 0 Å². The highest BCUT2D eigenvalue weighted by atomic mass is 32.2. The lowest BCUT2D eigenvalue weighted by molar-refractivity contribution is -0.133. The lowest BCUT2D eigenvalue weighted by atomic mass is 9.98. The molecule has 3 aliphatic rings. The van der Waals surface area contributed by atoms with Crippen LogP contribution in [-0.2, 0) is 19.6 Å². The topological polar surface area (TPSA) is 119 Å². The molecular formula is C20H27N5O5S. The number of piperazine rings is 1. The fourth-order valence-electron chi connectivity index (χ4n) is 4.37. The number of hydrogen-bond acceptors (Lipinski definition) is 6. The minimum atomic E-state index is -3.59. The summed E-state index contributed by atoms with van der Waals surface area (Å²) < 4.78 is 27.0. The first kappa shape index (κ1) is 21.7. The van der Waals surface area contributed by atoms with Crippen molar-refractivity contribution in [2.24, 2.45) is 0 Å². The van der Waals surface area contributed by atoms with Gasteiger partial charge in [0.1, 0.15) is 12.1 Å². The molecule has 10 nitrogen and oxygen atoms in total. The Balaban J connectivity index is 1.37. The number of sulfonamides is 1. The first-order valence-electron chi connectivity index (χ1n) is 10.4. The molecule has 4 amide bonds. The molecule has 168 valence electrons. The Labute approximate surface area is 181 Å². The van der Waals surface area contributed by atoms with Gasteiger partial charge in [0, 0.05) is 31.9 Å². The number of benzene rings is 1. The van der Waals surface area contributed by atoms with Gasteiger partial charge in [0.2, 0.25) is 15.9 Å². The van der Waals surface area contributed by atoms with E-state index in [2.05, 4.69) is 15.5 Å². The van der Waals surface area contributed by atoms with Crippen LogP contribution in [0, 0.1) is 0 Å². The largest absolute Gasteiger partial charge is 0.325 e. The fourth-order valence-corrected chi connectivity index (χ4v) is 5.79. The van der Waals surface area contributed by atoms with Crippen LogP contribution in [0.3, 0.4) is 0 Å². The van der Waals surface area contributed by atoms with Gasteiger partial charge in [0.15, 0.2) is 0 Å². The molecule has 0 bridgehead atoms.